The van der Waals surface area contributed by atoms with Crippen molar-refractivity contribution in [3.63, 3.8) is 0 Å². The molecule has 2 aliphatic heterocycles. The maximum Gasteiger partial charge on any atom is 0.199 e. The summed E-state index contributed by atoms with van der Waals surface area (Å²) < 4.78 is 14.2. The van der Waals surface area contributed by atoms with Crippen molar-refractivity contribution in [1.29, 1.82) is 0 Å². The average molecular weight is 408 g/mol. The lowest BCUT2D eigenvalue weighted by Gasteiger charge is -2.13. The summed E-state index contributed by atoms with van der Waals surface area (Å²) in [5.74, 6) is 0.840. The molecule has 4 heteroatoms. The van der Waals surface area contributed by atoms with Crippen LogP contribution in [0.4, 0.5) is 0 Å². The van der Waals surface area contributed by atoms with Crippen LogP contribution in [0.3, 0.4) is 0 Å². The minimum Gasteiger partial charge on any atom is -0.508 e. The zero-order valence-corrected chi connectivity index (χ0v) is 17.4. The zero-order valence-electron chi connectivity index (χ0n) is 17.4. The van der Waals surface area contributed by atoms with Gasteiger partial charge in [0.05, 0.1) is 5.56 Å². The number of phenols is 1. The zero-order chi connectivity index (χ0) is 21.4. The molecule has 5 rings (SSSR count). The molecule has 3 aliphatic rings. The maximum absolute atomic E-state index is 10.2. The van der Waals surface area contributed by atoms with Crippen molar-refractivity contribution in [2.24, 2.45) is 0 Å². The van der Waals surface area contributed by atoms with Gasteiger partial charge in [-0.2, -0.15) is 0 Å². The van der Waals surface area contributed by atoms with Crippen LogP contribution >= 0.6 is 0 Å². The Hall–Kier alpha value is -4.05. The predicted molar refractivity (Wildman–Crippen MR) is 124 cm³/mol. The van der Waals surface area contributed by atoms with Gasteiger partial charge in [-0.1, -0.05) is 36.4 Å². The van der Waals surface area contributed by atoms with E-state index in [1.54, 1.807) is 12.1 Å². The van der Waals surface area contributed by atoms with Gasteiger partial charge in [0.1, 0.15) is 42.2 Å². The van der Waals surface area contributed by atoms with E-state index < -0.39 is 0 Å². The van der Waals surface area contributed by atoms with Gasteiger partial charge in [-0.25, -0.2) is 4.58 Å². The number of aromatic hydroxyl groups is 1. The standard InChI is InChI=1S/C27H21NO3/c1-28(2)21-11-8-18(9-12-21)10-13-23-14-20-15-24(19-6-4-3-5-7-19)31-26-17-22(29)16-25(30-23)27(20)26/h3-17H,1-2H3/p+1. The SMILES string of the molecule is C[N+](C)=C1C=CC(=C/C=c2/cc3cc(-c4ccccc4)oc4cc(O)cc(o2)c4-3)C=C1. The van der Waals surface area contributed by atoms with Crippen LogP contribution in [0.2, 0.25) is 0 Å². The summed E-state index contributed by atoms with van der Waals surface area (Å²) in [7, 11) is 4.05. The van der Waals surface area contributed by atoms with Gasteiger partial charge in [0, 0.05) is 29.8 Å². The maximum atomic E-state index is 10.2. The van der Waals surface area contributed by atoms with E-state index in [0.717, 1.165) is 33.7 Å². The first kappa shape index (κ1) is 18.9. The lowest BCUT2D eigenvalue weighted by Crippen LogP contribution is -2.09. The van der Waals surface area contributed by atoms with E-state index in [-0.39, 0.29) is 5.75 Å². The smallest absolute Gasteiger partial charge is 0.199 e. The van der Waals surface area contributed by atoms with Crippen molar-refractivity contribution >= 4 is 23.0 Å². The van der Waals surface area contributed by atoms with Crippen LogP contribution in [0.5, 0.6) is 5.75 Å². The molecule has 0 saturated carbocycles. The number of hydrogen-bond acceptors (Lipinski definition) is 3. The van der Waals surface area contributed by atoms with Crippen LogP contribution in [0.25, 0.3) is 39.7 Å². The number of benzene rings is 2. The molecule has 0 atom stereocenters. The number of hydrogen-bond donors (Lipinski definition) is 1. The van der Waals surface area contributed by atoms with E-state index in [2.05, 4.69) is 28.9 Å². The van der Waals surface area contributed by atoms with E-state index in [0.29, 0.717) is 16.6 Å². The monoisotopic (exact) mass is 408 g/mol. The Morgan fingerprint density at radius 3 is 2.19 bits per heavy atom. The molecule has 0 aromatic heterocycles. The van der Waals surface area contributed by atoms with Gasteiger partial charge < -0.3 is 13.9 Å². The van der Waals surface area contributed by atoms with Gasteiger partial charge in [-0.3, -0.25) is 0 Å². The molecule has 31 heavy (non-hydrogen) atoms. The van der Waals surface area contributed by atoms with Crippen LogP contribution in [0.1, 0.15) is 0 Å². The molecule has 0 radical (unpaired) electrons. The third-order valence-corrected chi connectivity index (χ3v) is 5.28. The first-order chi connectivity index (χ1) is 15.1. The first-order valence-corrected chi connectivity index (χ1v) is 10.1. The van der Waals surface area contributed by atoms with Crippen LogP contribution in [-0.2, 0) is 0 Å². The summed E-state index contributed by atoms with van der Waals surface area (Å²) >= 11 is 0. The molecule has 0 saturated heterocycles. The van der Waals surface area contributed by atoms with Crippen molar-refractivity contribution in [2.75, 3.05) is 14.1 Å². The Morgan fingerprint density at radius 1 is 0.774 bits per heavy atom. The highest BCUT2D eigenvalue weighted by Crippen LogP contribution is 2.38. The largest absolute Gasteiger partial charge is 0.508 e. The highest BCUT2D eigenvalue weighted by molar-refractivity contribution is 6.02. The minimum absolute atomic E-state index is 0.104. The fourth-order valence-corrected chi connectivity index (χ4v) is 3.70. The summed E-state index contributed by atoms with van der Waals surface area (Å²) in [5.41, 5.74) is 6.91. The number of phenolic OH excluding ortho intramolecular Hbond substituents is 1. The second-order valence-electron chi connectivity index (χ2n) is 7.72. The van der Waals surface area contributed by atoms with Crippen molar-refractivity contribution in [2.45, 2.75) is 0 Å². The van der Waals surface area contributed by atoms with Crippen LogP contribution in [-0.4, -0.2) is 29.5 Å². The molecule has 2 aromatic rings. The van der Waals surface area contributed by atoms with Crippen LogP contribution in [0, 0.1) is 0 Å². The van der Waals surface area contributed by atoms with E-state index >= 15 is 0 Å². The van der Waals surface area contributed by atoms with Gasteiger partial charge in [0.15, 0.2) is 5.71 Å². The van der Waals surface area contributed by atoms with E-state index in [1.807, 2.05) is 68.7 Å². The van der Waals surface area contributed by atoms with Gasteiger partial charge >= 0.3 is 0 Å². The van der Waals surface area contributed by atoms with Gasteiger partial charge in [0.25, 0.3) is 0 Å². The Kier molecular flexibility index (Phi) is 4.68. The first-order valence-electron chi connectivity index (χ1n) is 10.1. The molecule has 1 N–H and O–H groups in total. The van der Waals surface area contributed by atoms with E-state index in [9.17, 15) is 5.11 Å². The quantitative estimate of drug-likeness (QED) is 0.456. The molecule has 4 nitrogen and oxygen atoms in total. The molecule has 1 aliphatic carbocycles. The van der Waals surface area contributed by atoms with Crippen molar-refractivity contribution in [3.8, 4) is 28.2 Å². The second kappa shape index (κ2) is 7.65. The molecular formula is C27H22NO3+. The summed E-state index contributed by atoms with van der Waals surface area (Å²) in [4.78, 5) is 0. The molecule has 0 unspecified atom stereocenters. The van der Waals surface area contributed by atoms with Gasteiger partial charge in [0.2, 0.25) is 0 Å². The summed E-state index contributed by atoms with van der Waals surface area (Å²) in [6.45, 7) is 0. The molecule has 0 fully saturated rings. The third kappa shape index (κ3) is 3.76. The van der Waals surface area contributed by atoms with Gasteiger partial charge in [-0.15, -0.1) is 0 Å². The molecular weight excluding hydrogens is 386 g/mol. The Morgan fingerprint density at radius 2 is 1.48 bits per heavy atom. The van der Waals surface area contributed by atoms with Crippen LogP contribution in [0.15, 0.2) is 99.4 Å². The molecule has 0 bridgehead atoms. The molecule has 152 valence electrons. The fourth-order valence-electron chi connectivity index (χ4n) is 3.70. The molecule has 2 heterocycles. The number of nitrogens with zero attached hydrogens (tertiary/aromatic N) is 1. The Balaban J connectivity index is 1.66. The normalized spacial score (nSPS) is 14.1. The minimum atomic E-state index is 0.104. The highest BCUT2D eigenvalue weighted by Gasteiger charge is 2.17. The molecule has 0 amide bonds. The van der Waals surface area contributed by atoms with Crippen molar-refractivity contribution in [1.82, 2.24) is 0 Å². The summed E-state index contributed by atoms with van der Waals surface area (Å²) in [6, 6.07) is 17.2. The van der Waals surface area contributed by atoms with Crippen molar-refractivity contribution in [3.05, 3.63) is 96.0 Å². The predicted octanol–water partition coefficient (Wildman–Crippen LogP) is 5.33. The summed E-state index contributed by atoms with van der Waals surface area (Å²) in [6.07, 6.45) is 12.3. The lowest BCUT2D eigenvalue weighted by molar-refractivity contribution is -0.462. The van der Waals surface area contributed by atoms with Crippen molar-refractivity contribution < 1.29 is 18.5 Å². The number of allylic oxidation sites excluding steroid dienone is 6. The van der Waals surface area contributed by atoms with Gasteiger partial charge in [-0.05, 0) is 41.5 Å². The van der Waals surface area contributed by atoms with E-state index in [4.69, 9.17) is 8.83 Å². The lowest BCUT2D eigenvalue weighted by atomic mass is 10.0. The Bertz CT molecular complexity index is 1420. The number of rotatable bonds is 2. The van der Waals surface area contributed by atoms with Crippen LogP contribution < -0.4 is 5.42 Å². The third-order valence-electron chi connectivity index (χ3n) is 5.28. The second-order valence-corrected chi connectivity index (χ2v) is 7.72. The molecule has 2 aromatic carbocycles. The topological polar surface area (TPSA) is 49.5 Å². The Labute approximate surface area is 180 Å². The molecule has 0 spiro atoms. The highest BCUT2D eigenvalue weighted by atomic mass is 16.3. The average Bonchev–Trinajstić information content (AvgIpc) is 2.78. The fraction of sp³-hybridized carbons (Fsp3) is 0.0741. The summed E-state index contributed by atoms with van der Waals surface area (Å²) in [5, 5.41) is 10.2. The van der Waals surface area contributed by atoms with E-state index in [1.165, 1.54) is 0 Å².